The molecule has 2 aliphatic carbocycles. The zero-order valence-corrected chi connectivity index (χ0v) is 22.5. The topological polar surface area (TPSA) is 0 Å². The lowest BCUT2D eigenvalue weighted by molar-refractivity contribution is 0.443. The van der Waals surface area contributed by atoms with E-state index in [0.29, 0.717) is 0 Å². The first kappa shape index (κ1) is 23.7. The van der Waals surface area contributed by atoms with Crippen LogP contribution in [0.15, 0.2) is 97.1 Å². The molecule has 0 aliphatic heterocycles. The van der Waals surface area contributed by atoms with Crippen molar-refractivity contribution in [3.63, 3.8) is 0 Å². The summed E-state index contributed by atoms with van der Waals surface area (Å²) in [6.07, 6.45) is 13.7. The minimum absolute atomic E-state index is 0.741. The molecule has 5 aromatic rings. The molecule has 2 aliphatic rings. The molecule has 0 unspecified atom stereocenters. The van der Waals surface area contributed by atoms with Crippen molar-refractivity contribution in [3.05, 3.63) is 108 Å². The Balaban J connectivity index is 1.36. The predicted octanol–water partition coefficient (Wildman–Crippen LogP) is 11.4. The molecule has 7 rings (SSSR count). The summed E-state index contributed by atoms with van der Waals surface area (Å²) in [5, 5.41) is 5.40. The van der Waals surface area contributed by atoms with Gasteiger partial charge in [0.05, 0.1) is 0 Å². The van der Waals surface area contributed by atoms with Gasteiger partial charge >= 0.3 is 0 Å². The van der Waals surface area contributed by atoms with Crippen molar-refractivity contribution < 1.29 is 0 Å². The second-order valence-electron chi connectivity index (χ2n) is 11.8. The van der Waals surface area contributed by atoms with E-state index in [9.17, 15) is 0 Å². The van der Waals surface area contributed by atoms with Gasteiger partial charge in [0, 0.05) is 0 Å². The van der Waals surface area contributed by atoms with Gasteiger partial charge in [-0.1, -0.05) is 136 Å². The molecule has 190 valence electrons. The van der Waals surface area contributed by atoms with Gasteiger partial charge in [-0.15, -0.1) is 0 Å². The van der Waals surface area contributed by atoms with Gasteiger partial charge in [-0.2, -0.15) is 0 Å². The number of fused-ring (bicyclic) bond motifs is 2. The van der Waals surface area contributed by atoms with Gasteiger partial charge < -0.3 is 0 Å². The summed E-state index contributed by atoms with van der Waals surface area (Å²) in [6.45, 7) is 0. The first-order valence-corrected chi connectivity index (χ1v) is 15.0. The van der Waals surface area contributed by atoms with Crippen LogP contribution in [0.1, 0.15) is 87.2 Å². The third kappa shape index (κ3) is 4.35. The average molecular weight is 495 g/mol. The lowest BCUT2D eigenvalue weighted by atomic mass is 9.82. The number of benzene rings is 5. The van der Waals surface area contributed by atoms with Crippen LogP contribution in [0.5, 0.6) is 0 Å². The van der Waals surface area contributed by atoms with Crippen molar-refractivity contribution >= 4 is 21.5 Å². The van der Waals surface area contributed by atoms with Crippen molar-refractivity contribution in [2.75, 3.05) is 0 Å². The molecule has 0 bridgehead atoms. The Hall–Kier alpha value is -3.38. The number of hydrogen-bond acceptors (Lipinski definition) is 0. The Bertz CT molecular complexity index is 1370. The summed E-state index contributed by atoms with van der Waals surface area (Å²) in [4.78, 5) is 0. The Morgan fingerprint density at radius 1 is 0.342 bits per heavy atom. The third-order valence-electron chi connectivity index (χ3n) is 9.48. The lowest BCUT2D eigenvalue weighted by Crippen LogP contribution is -2.04. The highest BCUT2D eigenvalue weighted by Crippen LogP contribution is 2.44. The quantitative estimate of drug-likeness (QED) is 0.218. The number of rotatable bonds is 4. The molecule has 0 radical (unpaired) electrons. The van der Waals surface area contributed by atoms with Crippen LogP contribution in [0.3, 0.4) is 0 Å². The van der Waals surface area contributed by atoms with E-state index in [4.69, 9.17) is 0 Å². The SMILES string of the molecule is c1ccc2c(-c3ccc(C4CCCCC4)cc3)c3ccccc3c(-c3ccc(C4CCCCC4)cc3)c2c1. The average Bonchev–Trinajstić information content (AvgIpc) is 3.01. The van der Waals surface area contributed by atoms with Crippen molar-refractivity contribution in [3.8, 4) is 22.3 Å². The first-order chi connectivity index (χ1) is 18.9. The molecule has 0 heteroatoms. The standard InChI is InChI=1S/C38H38/c1-3-11-27(12-4-1)29-19-23-31(24-20-29)37-33-15-7-9-17-35(33)38(36-18-10-8-16-34(36)37)32-25-21-30(22-26-32)28-13-5-2-6-14-28/h7-10,15-28H,1-6,11-14H2. The summed E-state index contributed by atoms with van der Waals surface area (Å²) in [6, 6.07) is 37.3. The Kier molecular flexibility index (Phi) is 6.50. The summed E-state index contributed by atoms with van der Waals surface area (Å²) < 4.78 is 0. The summed E-state index contributed by atoms with van der Waals surface area (Å²) in [5.41, 5.74) is 8.45. The van der Waals surface area contributed by atoms with Crippen LogP contribution in [0.4, 0.5) is 0 Å². The molecule has 0 N–H and O–H groups in total. The maximum atomic E-state index is 2.41. The highest BCUT2D eigenvalue weighted by Gasteiger charge is 2.19. The van der Waals surface area contributed by atoms with Crippen LogP contribution in [-0.2, 0) is 0 Å². The van der Waals surface area contributed by atoms with E-state index >= 15 is 0 Å². The molecule has 0 aromatic heterocycles. The van der Waals surface area contributed by atoms with Crippen LogP contribution >= 0.6 is 0 Å². The van der Waals surface area contributed by atoms with Crippen LogP contribution in [0.25, 0.3) is 43.8 Å². The van der Waals surface area contributed by atoms with E-state index in [1.807, 2.05) is 0 Å². The largest absolute Gasteiger partial charge is 0.0616 e. The van der Waals surface area contributed by atoms with E-state index < -0.39 is 0 Å². The molecular weight excluding hydrogens is 456 g/mol. The number of hydrogen-bond donors (Lipinski definition) is 0. The minimum Gasteiger partial charge on any atom is -0.0616 e. The molecule has 0 nitrogen and oxygen atoms in total. The van der Waals surface area contributed by atoms with Crippen LogP contribution in [-0.4, -0.2) is 0 Å². The summed E-state index contributed by atoms with van der Waals surface area (Å²) in [5.74, 6) is 1.48. The Morgan fingerprint density at radius 3 is 0.974 bits per heavy atom. The predicted molar refractivity (Wildman–Crippen MR) is 164 cm³/mol. The fourth-order valence-electron chi connectivity index (χ4n) is 7.47. The van der Waals surface area contributed by atoms with Gasteiger partial charge in [0.2, 0.25) is 0 Å². The molecule has 5 aromatic carbocycles. The van der Waals surface area contributed by atoms with E-state index in [2.05, 4.69) is 97.1 Å². The second-order valence-corrected chi connectivity index (χ2v) is 11.8. The zero-order chi connectivity index (χ0) is 25.3. The molecular formula is C38H38. The lowest BCUT2D eigenvalue weighted by Gasteiger charge is -2.23. The van der Waals surface area contributed by atoms with Crippen LogP contribution in [0.2, 0.25) is 0 Å². The normalized spacial score (nSPS) is 17.3. The molecule has 2 saturated carbocycles. The van der Waals surface area contributed by atoms with Gasteiger partial charge in [0.25, 0.3) is 0 Å². The van der Waals surface area contributed by atoms with Gasteiger partial charge in [-0.3, -0.25) is 0 Å². The van der Waals surface area contributed by atoms with Crippen LogP contribution in [0, 0.1) is 0 Å². The Morgan fingerprint density at radius 2 is 0.658 bits per heavy atom. The summed E-state index contributed by atoms with van der Waals surface area (Å²) >= 11 is 0. The maximum Gasteiger partial charge on any atom is -0.00264 e. The highest BCUT2D eigenvalue weighted by molar-refractivity contribution is 6.21. The fraction of sp³-hybridized carbons (Fsp3) is 0.316. The summed E-state index contributed by atoms with van der Waals surface area (Å²) in [7, 11) is 0. The first-order valence-electron chi connectivity index (χ1n) is 15.0. The van der Waals surface area contributed by atoms with Crippen molar-refractivity contribution in [2.45, 2.75) is 76.0 Å². The molecule has 0 saturated heterocycles. The zero-order valence-electron chi connectivity index (χ0n) is 22.5. The highest BCUT2D eigenvalue weighted by atomic mass is 14.2. The van der Waals surface area contributed by atoms with E-state index in [1.165, 1.54) is 119 Å². The molecule has 0 spiro atoms. The van der Waals surface area contributed by atoms with Gasteiger partial charge in [-0.05, 0) is 92.4 Å². The Labute approximate surface area is 227 Å². The van der Waals surface area contributed by atoms with Crippen LogP contribution < -0.4 is 0 Å². The third-order valence-corrected chi connectivity index (χ3v) is 9.48. The maximum absolute atomic E-state index is 2.41. The van der Waals surface area contributed by atoms with Crippen molar-refractivity contribution in [1.82, 2.24) is 0 Å². The molecule has 38 heavy (non-hydrogen) atoms. The van der Waals surface area contributed by atoms with Gasteiger partial charge in [-0.25, -0.2) is 0 Å². The van der Waals surface area contributed by atoms with Crippen molar-refractivity contribution in [2.24, 2.45) is 0 Å². The van der Waals surface area contributed by atoms with E-state index in [1.54, 1.807) is 0 Å². The van der Waals surface area contributed by atoms with E-state index in [-0.39, 0.29) is 0 Å². The fourth-order valence-corrected chi connectivity index (χ4v) is 7.47. The molecule has 0 heterocycles. The van der Waals surface area contributed by atoms with E-state index in [0.717, 1.165) is 11.8 Å². The van der Waals surface area contributed by atoms with Gasteiger partial charge in [0.15, 0.2) is 0 Å². The molecule has 0 amide bonds. The molecule has 0 atom stereocenters. The smallest absolute Gasteiger partial charge is 0.00264 e. The van der Waals surface area contributed by atoms with Gasteiger partial charge in [0.1, 0.15) is 0 Å². The minimum atomic E-state index is 0.741. The monoisotopic (exact) mass is 494 g/mol. The molecule has 2 fully saturated rings. The second kappa shape index (κ2) is 10.4. The van der Waals surface area contributed by atoms with Crippen molar-refractivity contribution in [1.29, 1.82) is 0 Å².